The third kappa shape index (κ3) is 3.61. The highest BCUT2D eigenvalue weighted by Gasteiger charge is 2.23. The lowest BCUT2D eigenvalue weighted by Gasteiger charge is -2.19. The van der Waals surface area contributed by atoms with E-state index in [2.05, 4.69) is 9.97 Å². The minimum absolute atomic E-state index is 0.0455. The van der Waals surface area contributed by atoms with Crippen molar-refractivity contribution in [3.05, 3.63) is 89.2 Å². The minimum atomic E-state index is -0.752. The lowest BCUT2D eigenvalue weighted by molar-refractivity contribution is 0.0985. The second-order valence-corrected chi connectivity index (χ2v) is 7.32. The van der Waals surface area contributed by atoms with E-state index >= 15 is 0 Å². The van der Waals surface area contributed by atoms with E-state index in [1.54, 1.807) is 30.5 Å². The smallest absolute Gasteiger partial charge is 0.260 e. The first-order valence-corrected chi connectivity index (χ1v) is 9.37. The van der Waals surface area contributed by atoms with Crippen molar-refractivity contribution in [1.29, 1.82) is 0 Å². The van der Waals surface area contributed by atoms with Crippen molar-refractivity contribution in [3.63, 3.8) is 0 Å². The maximum Gasteiger partial charge on any atom is 0.260 e. The number of aryl methyl sites for hydroxylation is 1. The van der Waals surface area contributed by atoms with Gasteiger partial charge in [-0.3, -0.25) is 14.7 Å². The van der Waals surface area contributed by atoms with Crippen molar-refractivity contribution in [3.8, 4) is 0 Å². The number of carbonyl (C=O) groups is 1. The number of rotatable bonds is 4. The first-order valence-electron chi connectivity index (χ1n) is 8.55. The number of hydrogen-bond donors (Lipinski definition) is 0. The molecule has 4 nitrogen and oxygen atoms in total. The Balaban J connectivity index is 1.79. The predicted octanol–water partition coefficient (Wildman–Crippen LogP) is 5.12. The molecule has 0 unspecified atom stereocenters. The number of carbonyl (C=O) groups excluding carboxylic acids is 1. The first-order chi connectivity index (χ1) is 13.5. The van der Waals surface area contributed by atoms with E-state index in [0.717, 1.165) is 23.0 Å². The molecule has 0 saturated carbocycles. The maximum absolute atomic E-state index is 14.1. The molecule has 0 aliphatic heterocycles. The summed E-state index contributed by atoms with van der Waals surface area (Å²) in [6.45, 7) is 2.10. The number of benzene rings is 2. The standard InChI is InChI=1S/C21H15F2N3OS/c1-13-5-7-14(8-6-13)20(27)26(12-16-4-2-3-9-24-16)21-25-19-17(23)10-15(22)11-18(19)28-21/h2-11H,12H2,1H3. The Hall–Kier alpha value is -3.19. The predicted molar refractivity (Wildman–Crippen MR) is 105 cm³/mol. The van der Waals surface area contributed by atoms with Crippen molar-refractivity contribution >= 4 is 32.6 Å². The van der Waals surface area contributed by atoms with Gasteiger partial charge in [0.1, 0.15) is 11.3 Å². The maximum atomic E-state index is 14.1. The molecule has 2 aromatic heterocycles. The largest absolute Gasteiger partial charge is 0.278 e. The number of thiazole rings is 1. The number of halogens is 2. The van der Waals surface area contributed by atoms with Gasteiger partial charge in [-0.15, -0.1) is 0 Å². The van der Waals surface area contributed by atoms with Gasteiger partial charge in [-0.1, -0.05) is 35.1 Å². The molecule has 0 aliphatic carbocycles. The molecular formula is C21H15F2N3OS. The number of amides is 1. The number of anilines is 1. The van der Waals surface area contributed by atoms with Crippen LogP contribution < -0.4 is 4.90 Å². The monoisotopic (exact) mass is 395 g/mol. The zero-order chi connectivity index (χ0) is 19.7. The number of aromatic nitrogens is 2. The minimum Gasteiger partial charge on any atom is -0.278 e. The van der Waals surface area contributed by atoms with Gasteiger partial charge in [0.05, 0.1) is 16.9 Å². The van der Waals surface area contributed by atoms with Crippen LogP contribution in [0, 0.1) is 18.6 Å². The molecule has 0 radical (unpaired) electrons. The van der Waals surface area contributed by atoms with E-state index in [-0.39, 0.29) is 23.1 Å². The van der Waals surface area contributed by atoms with E-state index in [1.807, 2.05) is 25.1 Å². The van der Waals surface area contributed by atoms with Crippen molar-refractivity contribution in [1.82, 2.24) is 9.97 Å². The molecular weight excluding hydrogens is 380 g/mol. The van der Waals surface area contributed by atoms with Crippen LogP contribution in [0.2, 0.25) is 0 Å². The van der Waals surface area contributed by atoms with Crippen molar-refractivity contribution < 1.29 is 13.6 Å². The fraction of sp³-hybridized carbons (Fsp3) is 0.0952. The van der Waals surface area contributed by atoms with Crippen LogP contribution in [-0.2, 0) is 6.54 Å². The summed E-state index contributed by atoms with van der Waals surface area (Å²) in [5.41, 5.74) is 2.22. The summed E-state index contributed by atoms with van der Waals surface area (Å²) in [6.07, 6.45) is 1.64. The number of fused-ring (bicyclic) bond motifs is 1. The van der Waals surface area contributed by atoms with E-state index in [4.69, 9.17) is 0 Å². The second kappa shape index (κ2) is 7.44. The number of hydrogen-bond acceptors (Lipinski definition) is 4. The lowest BCUT2D eigenvalue weighted by Crippen LogP contribution is -2.30. The fourth-order valence-electron chi connectivity index (χ4n) is 2.79. The lowest BCUT2D eigenvalue weighted by atomic mass is 10.1. The van der Waals surface area contributed by atoms with Crippen LogP contribution in [0.15, 0.2) is 60.8 Å². The topological polar surface area (TPSA) is 46.1 Å². The normalized spacial score (nSPS) is 11.0. The zero-order valence-corrected chi connectivity index (χ0v) is 15.7. The SMILES string of the molecule is Cc1ccc(C(=O)N(Cc2ccccn2)c2nc3c(F)cc(F)cc3s2)cc1. The summed E-state index contributed by atoms with van der Waals surface area (Å²) in [4.78, 5) is 23.2. The van der Waals surface area contributed by atoms with Gasteiger partial charge in [0.2, 0.25) is 0 Å². The summed E-state index contributed by atoms with van der Waals surface area (Å²) >= 11 is 1.07. The van der Waals surface area contributed by atoms with Gasteiger partial charge in [0.15, 0.2) is 10.9 Å². The van der Waals surface area contributed by atoms with Crippen LogP contribution >= 0.6 is 11.3 Å². The Bertz CT molecular complexity index is 1140. The Morgan fingerprint density at radius 1 is 1.11 bits per heavy atom. The summed E-state index contributed by atoms with van der Waals surface area (Å²) in [5, 5.41) is 0.288. The molecule has 0 aliphatic rings. The van der Waals surface area contributed by atoms with Crippen molar-refractivity contribution in [2.75, 3.05) is 4.90 Å². The van der Waals surface area contributed by atoms with Gasteiger partial charge in [-0.2, -0.15) is 0 Å². The Morgan fingerprint density at radius 3 is 2.61 bits per heavy atom. The van der Waals surface area contributed by atoms with Gasteiger partial charge < -0.3 is 0 Å². The van der Waals surface area contributed by atoms with Crippen molar-refractivity contribution in [2.24, 2.45) is 0 Å². The van der Waals surface area contributed by atoms with Crippen LogP contribution in [-0.4, -0.2) is 15.9 Å². The molecule has 0 fully saturated rings. The Morgan fingerprint density at radius 2 is 1.89 bits per heavy atom. The molecule has 0 atom stereocenters. The molecule has 0 saturated heterocycles. The van der Waals surface area contributed by atoms with Crippen molar-refractivity contribution in [2.45, 2.75) is 13.5 Å². The van der Waals surface area contributed by atoms with Crippen LogP contribution in [0.1, 0.15) is 21.6 Å². The summed E-state index contributed by atoms with van der Waals surface area (Å²) in [5.74, 6) is -1.72. The summed E-state index contributed by atoms with van der Waals surface area (Å²) < 4.78 is 28.0. The van der Waals surface area contributed by atoms with Gasteiger partial charge in [-0.25, -0.2) is 13.8 Å². The molecule has 2 heterocycles. The molecule has 4 aromatic rings. The third-order valence-corrected chi connectivity index (χ3v) is 5.25. The highest BCUT2D eigenvalue weighted by molar-refractivity contribution is 7.22. The third-order valence-electron chi connectivity index (χ3n) is 4.22. The molecule has 1 amide bonds. The van der Waals surface area contributed by atoms with Crippen LogP contribution in [0.25, 0.3) is 10.2 Å². The summed E-state index contributed by atoms with van der Waals surface area (Å²) in [7, 11) is 0. The second-order valence-electron chi connectivity index (χ2n) is 6.31. The average Bonchev–Trinajstić information content (AvgIpc) is 3.11. The van der Waals surface area contributed by atoms with Gasteiger partial charge >= 0.3 is 0 Å². The quantitative estimate of drug-likeness (QED) is 0.482. The molecule has 2 aromatic carbocycles. The zero-order valence-electron chi connectivity index (χ0n) is 14.9. The molecule has 0 N–H and O–H groups in total. The molecule has 140 valence electrons. The summed E-state index contributed by atoms with van der Waals surface area (Å²) in [6, 6.07) is 14.6. The number of nitrogens with zero attached hydrogens (tertiary/aromatic N) is 3. The van der Waals surface area contributed by atoms with E-state index in [0.29, 0.717) is 16.0 Å². The molecule has 4 rings (SSSR count). The van der Waals surface area contributed by atoms with Crippen LogP contribution in [0.3, 0.4) is 0 Å². The van der Waals surface area contributed by atoms with E-state index in [9.17, 15) is 13.6 Å². The molecule has 28 heavy (non-hydrogen) atoms. The Labute approximate surface area is 164 Å². The molecule has 7 heteroatoms. The van der Waals surface area contributed by atoms with Gasteiger partial charge in [-0.05, 0) is 37.3 Å². The molecule has 0 bridgehead atoms. The Kier molecular flexibility index (Phi) is 4.83. The molecule has 0 spiro atoms. The number of pyridine rings is 1. The highest BCUT2D eigenvalue weighted by Crippen LogP contribution is 2.32. The van der Waals surface area contributed by atoms with Crippen LogP contribution in [0.5, 0.6) is 0 Å². The average molecular weight is 395 g/mol. The van der Waals surface area contributed by atoms with Crippen LogP contribution in [0.4, 0.5) is 13.9 Å². The van der Waals surface area contributed by atoms with E-state index < -0.39 is 11.6 Å². The van der Waals surface area contributed by atoms with E-state index in [1.165, 1.54) is 11.0 Å². The highest BCUT2D eigenvalue weighted by atomic mass is 32.1. The van der Waals surface area contributed by atoms with Gasteiger partial charge in [0.25, 0.3) is 5.91 Å². The fourth-order valence-corrected chi connectivity index (χ4v) is 3.80. The first kappa shape index (κ1) is 18.2. The van der Waals surface area contributed by atoms with Gasteiger partial charge in [0, 0.05) is 17.8 Å².